The van der Waals surface area contributed by atoms with E-state index in [0.29, 0.717) is 11.8 Å². The Morgan fingerprint density at radius 1 is 1.35 bits per heavy atom. The first-order valence-electron chi connectivity index (χ1n) is 6.96. The van der Waals surface area contributed by atoms with Crippen LogP contribution in [0.4, 0.5) is 0 Å². The predicted octanol–water partition coefficient (Wildman–Crippen LogP) is 0.396. The molecular formula is C13H25N3O. The molecule has 17 heavy (non-hydrogen) atoms. The summed E-state index contributed by atoms with van der Waals surface area (Å²) in [5, 5.41) is 3.17. The Labute approximate surface area is 104 Å². The molecule has 0 bridgehead atoms. The molecule has 0 aromatic heterocycles. The van der Waals surface area contributed by atoms with Crippen molar-refractivity contribution in [2.45, 2.75) is 20.3 Å². The highest BCUT2D eigenvalue weighted by Crippen LogP contribution is 2.20. The van der Waals surface area contributed by atoms with Crippen LogP contribution in [0.3, 0.4) is 0 Å². The second-order valence-corrected chi connectivity index (χ2v) is 5.28. The van der Waals surface area contributed by atoms with Gasteiger partial charge in [0.2, 0.25) is 5.91 Å². The summed E-state index contributed by atoms with van der Waals surface area (Å²) >= 11 is 0. The first-order chi connectivity index (χ1) is 8.24. The Kier molecular flexibility index (Phi) is 4.40. The van der Waals surface area contributed by atoms with E-state index in [1.165, 1.54) is 6.42 Å². The topological polar surface area (TPSA) is 35.6 Å². The third-order valence-corrected chi connectivity index (χ3v) is 4.14. The largest absolute Gasteiger partial charge is 0.342 e. The standard InChI is InChI=1S/C13H25N3O/c1-3-15(4-2)9-11-5-6-16(10-11)13(17)12-7-14-8-12/h11-12,14H,3-10H2,1-2H3. The Bertz CT molecular complexity index is 261. The van der Waals surface area contributed by atoms with Gasteiger partial charge in [-0.3, -0.25) is 4.79 Å². The van der Waals surface area contributed by atoms with Crippen molar-refractivity contribution in [3.8, 4) is 0 Å². The molecule has 4 nitrogen and oxygen atoms in total. The van der Waals surface area contributed by atoms with E-state index in [4.69, 9.17) is 0 Å². The van der Waals surface area contributed by atoms with Crippen LogP contribution in [0.2, 0.25) is 0 Å². The van der Waals surface area contributed by atoms with Gasteiger partial charge in [-0.2, -0.15) is 0 Å². The van der Waals surface area contributed by atoms with Crippen molar-refractivity contribution in [1.29, 1.82) is 0 Å². The minimum atomic E-state index is 0.266. The lowest BCUT2D eigenvalue weighted by atomic mass is 10.0. The normalized spacial score (nSPS) is 25.4. The number of carbonyl (C=O) groups is 1. The summed E-state index contributed by atoms with van der Waals surface area (Å²) in [4.78, 5) is 16.6. The molecule has 98 valence electrons. The second kappa shape index (κ2) is 5.83. The van der Waals surface area contributed by atoms with E-state index >= 15 is 0 Å². The Morgan fingerprint density at radius 2 is 2.06 bits per heavy atom. The van der Waals surface area contributed by atoms with Gasteiger partial charge in [0.15, 0.2) is 0 Å². The molecule has 1 amide bonds. The summed E-state index contributed by atoms with van der Waals surface area (Å²) in [5.41, 5.74) is 0. The van der Waals surface area contributed by atoms with Gasteiger partial charge < -0.3 is 15.1 Å². The van der Waals surface area contributed by atoms with Crippen LogP contribution in [0.1, 0.15) is 20.3 Å². The number of amides is 1. The molecule has 2 aliphatic rings. The highest BCUT2D eigenvalue weighted by molar-refractivity contribution is 5.80. The molecule has 1 unspecified atom stereocenters. The summed E-state index contributed by atoms with van der Waals surface area (Å²) in [5.74, 6) is 1.33. The molecule has 0 aliphatic carbocycles. The molecule has 2 rings (SSSR count). The maximum absolute atomic E-state index is 12.1. The molecule has 0 aromatic rings. The van der Waals surface area contributed by atoms with Crippen molar-refractivity contribution in [3.05, 3.63) is 0 Å². The number of rotatable bonds is 5. The second-order valence-electron chi connectivity index (χ2n) is 5.28. The van der Waals surface area contributed by atoms with E-state index in [0.717, 1.165) is 45.8 Å². The smallest absolute Gasteiger partial charge is 0.228 e. The highest BCUT2D eigenvalue weighted by atomic mass is 16.2. The Morgan fingerprint density at radius 3 is 2.59 bits per heavy atom. The van der Waals surface area contributed by atoms with Gasteiger partial charge in [-0.25, -0.2) is 0 Å². The minimum Gasteiger partial charge on any atom is -0.342 e. The zero-order chi connectivity index (χ0) is 12.3. The molecule has 2 fully saturated rings. The minimum absolute atomic E-state index is 0.266. The lowest BCUT2D eigenvalue weighted by Gasteiger charge is -2.30. The van der Waals surface area contributed by atoms with Gasteiger partial charge in [0.25, 0.3) is 0 Å². The average molecular weight is 239 g/mol. The quantitative estimate of drug-likeness (QED) is 0.754. The molecule has 4 heteroatoms. The molecule has 0 aromatic carbocycles. The average Bonchev–Trinajstić information content (AvgIpc) is 2.71. The number of nitrogens with one attached hydrogen (secondary N) is 1. The first kappa shape index (κ1) is 12.8. The summed E-state index contributed by atoms with van der Waals surface area (Å²) in [6, 6.07) is 0. The fraction of sp³-hybridized carbons (Fsp3) is 0.923. The lowest BCUT2D eigenvalue weighted by molar-refractivity contribution is -0.136. The van der Waals surface area contributed by atoms with E-state index in [-0.39, 0.29) is 5.92 Å². The third kappa shape index (κ3) is 2.99. The van der Waals surface area contributed by atoms with Gasteiger partial charge >= 0.3 is 0 Å². The molecule has 0 radical (unpaired) electrons. The van der Waals surface area contributed by atoms with Gasteiger partial charge in [0.05, 0.1) is 5.92 Å². The summed E-state index contributed by atoms with van der Waals surface area (Å²) < 4.78 is 0. The van der Waals surface area contributed by atoms with Crippen LogP contribution < -0.4 is 5.32 Å². The van der Waals surface area contributed by atoms with E-state index < -0.39 is 0 Å². The van der Waals surface area contributed by atoms with Crippen LogP contribution in [0, 0.1) is 11.8 Å². The molecule has 2 aliphatic heterocycles. The van der Waals surface area contributed by atoms with Crippen molar-refractivity contribution in [1.82, 2.24) is 15.1 Å². The summed E-state index contributed by atoms with van der Waals surface area (Å²) in [6.45, 7) is 11.5. The molecule has 1 N–H and O–H groups in total. The molecule has 2 saturated heterocycles. The van der Waals surface area contributed by atoms with Crippen molar-refractivity contribution in [2.75, 3.05) is 45.8 Å². The van der Waals surface area contributed by atoms with Gasteiger partial charge in [0, 0.05) is 32.7 Å². The maximum Gasteiger partial charge on any atom is 0.228 e. The fourth-order valence-corrected chi connectivity index (χ4v) is 2.75. The van der Waals surface area contributed by atoms with E-state index in [2.05, 4.69) is 29.0 Å². The van der Waals surface area contributed by atoms with Crippen LogP contribution in [0.5, 0.6) is 0 Å². The van der Waals surface area contributed by atoms with Crippen LogP contribution in [-0.2, 0) is 4.79 Å². The van der Waals surface area contributed by atoms with Gasteiger partial charge in [-0.15, -0.1) is 0 Å². The number of likely N-dealkylation sites (tertiary alicyclic amines) is 1. The van der Waals surface area contributed by atoms with Crippen molar-refractivity contribution < 1.29 is 4.79 Å². The zero-order valence-electron chi connectivity index (χ0n) is 11.1. The number of hydrogen-bond acceptors (Lipinski definition) is 3. The SMILES string of the molecule is CCN(CC)CC1CCN(C(=O)C2CNC2)C1. The van der Waals surface area contributed by atoms with E-state index in [9.17, 15) is 4.79 Å². The predicted molar refractivity (Wildman–Crippen MR) is 68.8 cm³/mol. The monoisotopic (exact) mass is 239 g/mol. The Hall–Kier alpha value is -0.610. The summed E-state index contributed by atoms with van der Waals surface area (Å²) in [6.07, 6.45) is 1.18. The number of nitrogens with zero attached hydrogens (tertiary/aromatic N) is 2. The number of carbonyl (C=O) groups excluding carboxylic acids is 1. The highest BCUT2D eigenvalue weighted by Gasteiger charge is 2.33. The van der Waals surface area contributed by atoms with E-state index in [1.807, 2.05) is 0 Å². The summed E-state index contributed by atoms with van der Waals surface area (Å²) in [7, 11) is 0. The van der Waals surface area contributed by atoms with Gasteiger partial charge in [-0.1, -0.05) is 13.8 Å². The van der Waals surface area contributed by atoms with Gasteiger partial charge in [-0.05, 0) is 25.4 Å². The molecule has 0 spiro atoms. The third-order valence-electron chi connectivity index (χ3n) is 4.14. The molecule has 1 atom stereocenters. The first-order valence-corrected chi connectivity index (χ1v) is 6.96. The van der Waals surface area contributed by atoms with Crippen molar-refractivity contribution in [3.63, 3.8) is 0 Å². The van der Waals surface area contributed by atoms with Crippen molar-refractivity contribution in [2.24, 2.45) is 11.8 Å². The van der Waals surface area contributed by atoms with Crippen LogP contribution in [-0.4, -0.2) is 61.5 Å². The van der Waals surface area contributed by atoms with Crippen LogP contribution in [0.15, 0.2) is 0 Å². The van der Waals surface area contributed by atoms with Crippen LogP contribution >= 0.6 is 0 Å². The Balaban J connectivity index is 1.76. The fourth-order valence-electron chi connectivity index (χ4n) is 2.75. The van der Waals surface area contributed by atoms with Gasteiger partial charge in [0.1, 0.15) is 0 Å². The van der Waals surface area contributed by atoms with E-state index in [1.54, 1.807) is 0 Å². The zero-order valence-corrected chi connectivity index (χ0v) is 11.1. The molecule has 0 saturated carbocycles. The maximum atomic E-state index is 12.1. The van der Waals surface area contributed by atoms with Crippen LogP contribution in [0.25, 0.3) is 0 Å². The van der Waals surface area contributed by atoms with Crippen molar-refractivity contribution >= 4 is 5.91 Å². The number of hydrogen-bond donors (Lipinski definition) is 1. The molecular weight excluding hydrogens is 214 g/mol. The lowest BCUT2D eigenvalue weighted by Crippen LogP contribution is -2.51. The molecule has 2 heterocycles.